The first kappa shape index (κ1) is 19.4. The molecule has 0 aliphatic carbocycles. The van der Waals surface area contributed by atoms with E-state index in [2.05, 4.69) is 9.72 Å². The van der Waals surface area contributed by atoms with Crippen molar-refractivity contribution in [3.63, 3.8) is 0 Å². The maximum Gasteiger partial charge on any atom is 0.412 e. The molecule has 0 saturated carbocycles. The molecule has 1 N–H and O–H groups in total. The summed E-state index contributed by atoms with van der Waals surface area (Å²) < 4.78 is 13.9. The Morgan fingerprint density at radius 1 is 1.21 bits per heavy atom. The van der Waals surface area contributed by atoms with Gasteiger partial charge in [0.25, 0.3) is 0 Å². The number of amides is 1. The first-order chi connectivity index (χ1) is 13.8. The molecule has 2 heterocycles. The van der Waals surface area contributed by atoms with Crippen LogP contribution < -0.4 is 5.32 Å². The number of hydrogen-bond acceptors (Lipinski definition) is 5. The highest BCUT2D eigenvalue weighted by atomic mass is 32.1. The predicted molar refractivity (Wildman–Crippen MR) is 117 cm³/mol. The van der Waals surface area contributed by atoms with Gasteiger partial charge in [0.2, 0.25) is 0 Å². The fraction of sp³-hybridized carbons (Fsp3) is 0.273. The first-order valence-electron chi connectivity index (χ1n) is 9.33. The Balaban J connectivity index is 1.77. The molecule has 0 spiro atoms. The van der Waals surface area contributed by atoms with Gasteiger partial charge in [0.05, 0.1) is 28.2 Å². The summed E-state index contributed by atoms with van der Waals surface area (Å²) in [5, 5.41) is 2.87. The fourth-order valence-corrected chi connectivity index (χ4v) is 4.19. The van der Waals surface area contributed by atoms with E-state index in [1.807, 2.05) is 69.4 Å². The van der Waals surface area contributed by atoms with Gasteiger partial charge < -0.3 is 9.47 Å². The highest BCUT2D eigenvalue weighted by Gasteiger charge is 2.19. The monoisotopic (exact) mass is 409 g/mol. The lowest BCUT2D eigenvalue weighted by atomic mass is 10.1. The second-order valence-corrected chi connectivity index (χ2v) is 8.79. The number of nitrogens with one attached hydrogen (secondary N) is 1. The highest BCUT2D eigenvalue weighted by molar-refractivity contribution is 7.23. The summed E-state index contributed by atoms with van der Waals surface area (Å²) in [4.78, 5) is 18.0. The highest BCUT2D eigenvalue weighted by Crippen LogP contribution is 2.33. The molecule has 1 amide bonds. The van der Waals surface area contributed by atoms with E-state index in [9.17, 15) is 4.79 Å². The number of carbonyl (C=O) groups is 1. The van der Waals surface area contributed by atoms with Crippen molar-refractivity contribution in [1.29, 1.82) is 0 Å². The molecule has 150 valence electrons. The molecule has 4 aromatic rings. The number of benzene rings is 2. The van der Waals surface area contributed by atoms with E-state index in [-0.39, 0.29) is 0 Å². The Hall–Kier alpha value is -2.90. The number of ether oxygens (including phenoxy) is 2. The lowest BCUT2D eigenvalue weighted by Crippen LogP contribution is -2.27. The zero-order valence-corrected chi connectivity index (χ0v) is 17.7. The average molecular weight is 410 g/mol. The van der Waals surface area contributed by atoms with Crippen LogP contribution in [0.4, 0.5) is 10.5 Å². The minimum absolute atomic E-state index is 0.385. The van der Waals surface area contributed by atoms with Crippen molar-refractivity contribution in [2.24, 2.45) is 0 Å². The summed E-state index contributed by atoms with van der Waals surface area (Å²) in [6.45, 7) is 5.90. The van der Waals surface area contributed by atoms with Crippen LogP contribution >= 0.6 is 11.3 Å². The van der Waals surface area contributed by atoms with E-state index in [1.165, 1.54) is 0 Å². The van der Waals surface area contributed by atoms with Gasteiger partial charge in [-0.25, -0.2) is 9.78 Å². The van der Waals surface area contributed by atoms with Gasteiger partial charge in [-0.15, -0.1) is 0 Å². The first-order valence-corrected chi connectivity index (χ1v) is 10.1. The third kappa shape index (κ3) is 4.11. The molecule has 2 aromatic carbocycles. The van der Waals surface area contributed by atoms with E-state index in [0.29, 0.717) is 12.3 Å². The van der Waals surface area contributed by atoms with Crippen LogP contribution in [0.15, 0.2) is 48.7 Å². The van der Waals surface area contributed by atoms with Gasteiger partial charge in [-0.1, -0.05) is 41.7 Å². The largest absolute Gasteiger partial charge is 0.444 e. The lowest BCUT2D eigenvalue weighted by molar-refractivity contribution is 0.0635. The molecular formula is C22H23N3O3S. The minimum Gasteiger partial charge on any atom is -0.444 e. The van der Waals surface area contributed by atoms with Crippen molar-refractivity contribution in [2.45, 2.75) is 33.0 Å². The Bertz CT molecular complexity index is 1170. The number of thiazole rings is 1. The SMILES string of the molecule is COCc1cc2sc3nc(-c4ccccc4)cn3c2cc1NC(=O)OC(C)(C)C. The van der Waals surface area contributed by atoms with E-state index in [0.717, 1.165) is 32.0 Å². The summed E-state index contributed by atoms with van der Waals surface area (Å²) in [6, 6.07) is 14.1. The van der Waals surface area contributed by atoms with Gasteiger partial charge >= 0.3 is 6.09 Å². The summed E-state index contributed by atoms with van der Waals surface area (Å²) in [6.07, 6.45) is 1.53. The standard InChI is InChI=1S/C22H23N3O3S/c1-22(2,3)28-21(26)24-16-11-18-19(10-15(16)13-27-4)29-20-23-17(12-25(18)20)14-8-6-5-7-9-14/h5-12H,13H2,1-4H3,(H,24,26). The van der Waals surface area contributed by atoms with E-state index in [1.54, 1.807) is 18.4 Å². The Labute approximate surface area is 173 Å². The van der Waals surface area contributed by atoms with E-state index in [4.69, 9.17) is 14.5 Å². The molecule has 0 fully saturated rings. The normalized spacial score (nSPS) is 11.9. The molecule has 0 atom stereocenters. The molecule has 2 aromatic heterocycles. The fourth-order valence-electron chi connectivity index (χ4n) is 3.14. The zero-order valence-electron chi connectivity index (χ0n) is 16.9. The third-order valence-corrected chi connectivity index (χ3v) is 5.34. The molecule has 0 aliphatic heterocycles. The number of hydrogen-bond donors (Lipinski definition) is 1. The van der Waals surface area contributed by atoms with Crippen LogP contribution in [0.25, 0.3) is 26.4 Å². The van der Waals surface area contributed by atoms with Crippen LogP contribution in [0.1, 0.15) is 26.3 Å². The van der Waals surface area contributed by atoms with Gasteiger partial charge in [0.1, 0.15) is 5.60 Å². The number of carbonyl (C=O) groups excluding carboxylic acids is 1. The molecule has 0 saturated heterocycles. The Morgan fingerprint density at radius 2 is 1.97 bits per heavy atom. The number of imidazole rings is 1. The topological polar surface area (TPSA) is 64.9 Å². The second kappa shape index (κ2) is 7.50. The van der Waals surface area contributed by atoms with Gasteiger partial charge in [0, 0.05) is 24.4 Å². The summed E-state index contributed by atoms with van der Waals surface area (Å²) in [5.74, 6) is 0. The molecule has 7 heteroatoms. The van der Waals surface area contributed by atoms with Crippen molar-refractivity contribution in [3.05, 3.63) is 54.2 Å². The second-order valence-electron chi connectivity index (χ2n) is 7.78. The van der Waals surface area contributed by atoms with Crippen molar-refractivity contribution in [1.82, 2.24) is 9.38 Å². The number of aromatic nitrogens is 2. The van der Waals surface area contributed by atoms with Crippen LogP contribution in [0.3, 0.4) is 0 Å². The van der Waals surface area contributed by atoms with Crippen molar-refractivity contribution < 1.29 is 14.3 Å². The van der Waals surface area contributed by atoms with Gasteiger partial charge in [0.15, 0.2) is 4.96 Å². The number of fused-ring (bicyclic) bond motifs is 3. The smallest absolute Gasteiger partial charge is 0.412 e. The van der Waals surface area contributed by atoms with Crippen LogP contribution in [-0.2, 0) is 16.1 Å². The molecule has 6 nitrogen and oxygen atoms in total. The minimum atomic E-state index is -0.569. The zero-order chi connectivity index (χ0) is 20.6. The van der Waals surface area contributed by atoms with Crippen LogP contribution in [0.5, 0.6) is 0 Å². The lowest BCUT2D eigenvalue weighted by Gasteiger charge is -2.20. The number of rotatable bonds is 4. The van der Waals surface area contributed by atoms with E-state index >= 15 is 0 Å². The quantitative estimate of drug-likeness (QED) is 0.469. The summed E-state index contributed by atoms with van der Waals surface area (Å²) in [7, 11) is 1.63. The van der Waals surface area contributed by atoms with Crippen molar-refractivity contribution in [2.75, 3.05) is 12.4 Å². The molecule has 0 aliphatic rings. The maximum absolute atomic E-state index is 12.3. The van der Waals surface area contributed by atoms with Gasteiger partial charge in [-0.05, 0) is 32.9 Å². The average Bonchev–Trinajstić information content (AvgIpc) is 3.19. The maximum atomic E-state index is 12.3. The number of anilines is 1. The predicted octanol–water partition coefficient (Wildman–Crippen LogP) is 5.71. The number of methoxy groups -OCH3 is 1. The van der Waals surface area contributed by atoms with Crippen LogP contribution in [0.2, 0.25) is 0 Å². The summed E-state index contributed by atoms with van der Waals surface area (Å²) >= 11 is 1.61. The van der Waals surface area contributed by atoms with Gasteiger partial charge in [-0.3, -0.25) is 9.72 Å². The number of nitrogens with zero attached hydrogens (tertiary/aromatic N) is 2. The molecule has 29 heavy (non-hydrogen) atoms. The summed E-state index contributed by atoms with van der Waals surface area (Å²) in [5.41, 5.74) is 3.95. The van der Waals surface area contributed by atoms with Crippen LogP contribution in [0, 0.1) is 0 Å². The van der Waals surface area contributed by atoms with Crippen molar-refractivity contribution >= 4 is 38.3 Å². The Kier molecular flexibility index (Phi) is 5.02. The van der Waals surface area contributed by atoms with E-state index < -0.39 is 11.7 Å². The molecule has 0 bridgehead atoms. The molecular weight excluding hydrogens is 386 g/mol. The van der Waals surface area contributed by atoms with Crippen molar-refractivity contribution in [3.8, 4) is 11.3 Å². The van der Waals surface area contributed by atoms with Crippen LogP contribution in [-0.4, -0.2) is 28.2 Å². The Morgan fingerprint density at radius 3 is 2.66 bits per heavy atom. The molecule has 4 rings (SSSR count). The van der Waals surface area contributed by atoms with Gasteiger partial charge in [-0.2, -0.15) is 0 Å². The molecule has 0 radical (unpaired) electrons. The third-order valence-electron chi connectivity index (χ3n) is 4.32. The molecule has 0 unspecified atom stereocenters.